The first-order valence-electron chi connectivity index (χ1n) is 14.6. The van der Waals surface area contributed by atoms with Crippen LogP contribution in [-0.2, 0) is 4.79 Å². The normalized spacial score (nSPS) is 17.7. The first-order chi connectivity index (χ1) is 20.7. The van der Waals surface area contributed by atoms with Crippen molar-refractivity contribution in [3.63, 3.8) is 0 Å². The van der Waals surface area contributed by atoms with Crippen LogP contribution in [0, 0.1) is 13.8 Å². The van der Waals surface area contributed by atoms with E-state index >= 15 is 0 Å². The van der Waals surface area contributed by atoms with E-state index in [1.54, 1.807) is 31.4 Å². The van der Waals surface area contributed by atoms with Crippen LogP contribution in [0.4, 0.5) is 5.82 Å². The number of hydrogen-bond acceptors (Lipinski definition) is 7. The molecule has 226 valence electrons. The van der Waals surface area contributed by atoms with Gasteiger partial charge in [-0.25, -0.2) is 4.98 Å². The van der Waals surface area contributed by atoms with Gasteiger partial charge < -0.3 is 20.3 Å². The molecule has 1 aliphatic heterocycles. The fourth-order valence-electron chi connectivity index (χ4n) is 5.42. The molecule has 0 spiro atoms. The number of carbonyl (C=O) groups is 3. The van der Waals surface area contributed by atoms with E-state index in [0.29, 0.717) is 54.9 Å². The third kappa shape index (κ3) is 6.77. The Labute approximate surface area is 251 Å². The predicted octanol–water partition coefficient (Wildman–Crippen LogP) is 3.68. The summed E-state index contributed by atoms with van der Waals surface area (Å²) < 4.78 is 8.61. The van der Waals surface area contributed by atoms with Crippen LogP contribution in [0.3, 0.4) is 0 Å². The fraction of sp³-hybridized carbons (Fsp3) is 0.406. The summed E-state index contributed by atoms with van der Waals surface area (Å²) in [5, 5.41) is 10.4. The molecule has 1 saturated carbocycles. The van der Waals surface area contributed by atoms with E-state index in [0.717, 1.165) is 24.1 Å². The molecule has 2 fully saturated rings. The second kappa shape index (κ2) is 12.8. The number of benzene rings is 1. The van der Waals surface area contributed by atoms with Crippen molar-refractivity contribution in [1.29, 1.82) is 0 Å². The van der Waals surface area contributed by atoms with Crippen molar-refractivity contribution in [2.24, 2.45) is 0 Å². The molecular formula is C32H39N7O4. The highest BCUT2D eigenvalue weighted by Crippen LogP contribution is 2.35. The summed E-state index contributed by atoms with van der Waals surface area (Å²) in [7, 11) is 1.54. The lowest BCUT2D eigenvalue weighted by molar-refractivity contribution is -0.130. The summed E-state index contributed by atoms with van der Waals surface area (Å²) in [6, 6.07) is 9.35. The highest BCUT2D eigenvalue weighted by molar-refractivity contribution is 6.07. The number of aromatic nitrogens is 3. The van der Waals surface area contributed by atoms with Gasteiger partial charge in [0, 0.05) is 57.2 Å². The van der Waals surface area contributed by atoms with Crippen molar-refractivity contribution in [3.8, 4) is 5.75 Å². The quantitative estimate of drug-likeness (QED) is 0.348. The zero-order valence-electron chi connectivity index (χ0n) is 25.2. The Kier molecular flexibility index (Phi) is 8.91. The number of nitrogens with one attached hydrogen (secondary N) is 2. The van der Waals surface area contributed by atoms with Gasteiger partial charge in [-0.3, -0.25) is 24.0 Å². The molecule has 3 amide bonds. The Morgan fingerprint density at radius 1 is 1.12 bits per heavy atom. The maximum Gasteiger partial charge on any atom is 0.257 e. The smallest absolute Gasteiger partial charge is 0.257 e. The number of anilines is 1. The van der Waals surface area contributed by atoms with Gasteiger partial charge in [0.25, 0.3) is 11.8 Å². The monoisotopic (exact) mass is 585 g/mol. The average molecular weight is 586 g/mol. The van der Waals surface area contributed by atoms with Crippen molar-refractivity contribution in [1.82, 2.24) is 29.9 Å². The molecule has 5 rings (SSSR count). The molecule has 0 radical (unpaired) electrons. The Balaban J connectivity index is 1.43. The van der Waals surface area contributed by atoms with E-state index in [1.165, 1.54) is 6.08 Å². The largest absolute Gasteiger partial charge is 0.482 e. The molecule has 3 aromatic rings. The van der Waals surface area contributed by atoms with Gasteiger partial charge in [-0.05, 0) is 75.1 Å². The summed E-state index contributed by atoms with van der Waals surface area (Å²) in [5.74, 6) is 0.0179. The minimum atomic E-state index is -0.493. The first kappa shape index (κ1) is 30.0. The van der Waals surface area contributed by atoms with Crippen LogP contribution in [0.1, 0.15) is 69.4 Å². The second-order valence-corrected chi connectivity index (χ2v) is 11.3. The summed E-state index contributed by atoms with van der Waals surface area (Å²) >= 11 is 0. The summed E-state index contributed by atoms with van der Waals surface area (Å²) in [5.41, 5.74) is 2.84. The molecule has 11 nitrogen and oxygen atoms in total. The van der Waals surface area contributed by atoms with Gasteiger partial charge in [0.1, 0.15) is 17.3 Å². The number of piperazine rings is 1. The van der Waals surface area contributed by atoms with Crippen LogP contribution < -0.4 is 15.4 Å². The number of aryl methyl sites for hydroxylation is 2. The maximum atomic E-state index is 13.3. The number of amides is 3. The highest BCUT2D eigenvalue weighted by Gasteiger charge is 2.31. The highest BCUT2D eigenvalue weighted by atomic mass is 16.5. The molecule has 3 heterocycles. The van der Waals surface area contributed by atoms with Crippen molar-refractivity contribution >= 4 is 23.5 Å². The number of pyridine rings is 1. The summed E-state index contributed by atoms with van der Waals surface area (Å²) in [4.78, 5) is 47.0. The Morgan fingerprint density at radius 2 is 1.91 bits per heavy atom. The van der Waals surface area contributed by atoms with E-state index in [-0.39, 0.29) is 29.3 Å². The SMILES string of the molecule is C=CC(=O)N1CCN(C[C@H](Oc2cc(C)c(C(=O)Nc3ncccc3C)cc2C(=O)NC)c2ccn(C3CC3)n2)C[C@H]1C. The van der Waals surface area contributed by atoms with Crippen molar-refractivity contribution in [2.75, 3.05) is 38.5 Å². The van der Waals surface area contributed by atoms with Gasteiger partial charge in [-0.1, -0.05) is 12.6 Å². The van der Waals surface area contributed by atoms with Gasteiger partial charge in [0.15, 0.2) is 6.10 Å². The van der Waals surface area contributed by atoms with Crippen LogP contribution in [0.5, 0.6) is 5.75 Å². The third-order valence-corrected chi connectivity index (χ3v) is 8.03. The number of carbonyl (C=O) groups excluding carboxylic acids is 3. The Bertz CT molecular complexity index is 1530. The summed E-state index contributed by atoms with van der Waals surface area (Å²) in [6.45, 7) is 11.8. The van der Waals surface area contributed by atoms with Crippen LogP contribution in [-0.4, -0.2) is 81.6 Å². The lowest BCUT2D eigenvalue weighted by atomic mass is 10.0. The molecule has 1 aliphatic carbocycles. The molecule has 11 heteroatoms. The topological polar surface area (TPSA) is 122 Å². The van der Waals surface area contributed by atoms with Crippen LogP contribution >= 0.6 is 0 Å². The lowest BCUT2D eigenvalue weighted by Gasteiger charge is -2.40. The van der Waals surface area contributed by atoms with Gasteiger partial charge in [0.2, 0.25) is 5.91 Å². The first-order valence-corrected chi connectivity index (χ1v) is 14.6. The maximum absolute atomic E-state index is 13.3. The number of rotatable bonds is 10. The zero-order valence-corrected chi connectivity index (χ0v) is 25.2. The van der Waals surface area contributed by atoms with Crippen LogP contribution in [0.15, 0.2) is 55.4 Å². The standard InChI is InChI=1S/C32H39N7O4/c1-6-29(40)38-15-14-37(18-22(38)4)19-28(26-11-13-39(36-26)23-9-10-23)43-27-16-21(3)24(17-25(27)31(41)33-5)32(42)35-30-20(2)8-7-12-34-30/h6-8,11-13,16-17,22-23,28H,1,9-10,14-15,18-19H2,2-5H3,(H,33,41)(H,34,35,42)/t22-,28+/m1/s1. The molecule has 0 bridgehead atoms. The van der Waals surface area contributed by atoms with Gasteiger partial charge in [-0.15, -0.1) is 0 Å². The van der Waals surface area contributed by atoms with Crippen molar-refractivity contribution in [3.05, 3.63) is 83.3 Å². The average Bonchev–Trinajstić information content (AvgIpc) is 3.73. The Morgan fingerprint density at radius 3 is 2.58 bits per heavy atom. The van der Waals surface area contributed by atoms with E-state index in [1.807, 2.05) is 48.7 Å². The molecule has 2 atom stereocenters. The van der Waals surface area contributed by atoms with Crippen molar-refractivity contribution < 1.29 is 19.1 Å². The molecule has 2 aliphatic rings. The van der Waals surface area contributed by atoms with Crippen LogP contribution in [0.25, 0.3) is 0 Å². The lowest BCUT2D eigenvalue weighted by Crippen LogP contribution is -2.54. The summed E-state index contributed by atoms with van der Waals surface area (Å²) in [6.07, 6.45) is 6.66. The van der Waals surface area contributed by atoms with Gasteiger partial charge in [0.05, 0.1) is 11.6 Å². The minimum absolute atomic E-state index is 0.00753. The minimum Gasteiger partial charge on any atom is -0.482 e. The van der Waals surface area contributed by atoms with Gasteiger partial charge >= 0.3 is 0 Å². The third-order valence-electron chi connectivity index (χ3n) is 8.03. The van der Waals surface area contributed by atoms with E-state index < -0.39 is 6.10 Å². The van der Waals surface area contributed by atoms with E-state index in [9.17, 15) is 14.4 Å². The Hall–Kier alpha value is -4.51. The molecule has 43 heavy (non-hydrogen) atoms. The fourth-order valence-corrected chi connectivity index (χ4v) is 5.42. The number of nitrogens with zero attached hydrogens (tertiary/aromatic N) is 5. The van der Waals surface area contributed by atoms with Crippen molar-refractivity contribution in [2.45, 2.75) is 51.8 Å². The van der Waals surface area contributed by atoms with Crippen LogP contribution in [0.2, 0.25) is 0 Å². The molecule has 1 aromatic carbocycles. The molecular weight excluding hydrogens is 546 g/mol. The van der Waals surface area contributed by atoms with E-state index in [4.69, 9.17) is 9.84 Å². The second-order valence-electron chi connectivity index (χ2n) is 11.3. The molecule has 2 N–H and O–H groups in total. The number of hydrogen-bond donors (Lipinski definition) is 2. The van der Waals surface area contributed by atoms with Gasteiger partial charge in [-0.2, -0.15) is 5.10 Å². The van der Waals surface area contributed by atoms with E-state index in [2.05, 4.69) is 27.1 Å². The number of ether oxygens (including phenoxy) is 1. The molecule has 0 unspecified atom stereocenters. The molecule has 1 saturated heterocycles. The zero-order chi connectivity index (χ0) is 30.7. The molecule has 2 aromatic heterocycles. The predicted molar refractivity (Wildman–Crippen MR) is 163 cm³/mol.